The highest BCUT2D eigenvalue weighted by Gasteiger charge is 2.33. The van der Waals surface area contributed by atoms with Crippen LogP contribution in [0.5, 0.6) is 0 Å². The third-order valence-corrected chi connectivity index (χ3v) is 9.25. The van der Waals surface area contributed by atoms with Gasteiger partial charge >= 0.3 is 0 Å². The fourth-order valence-electron chi connectivity index (χ4n) is 4.23. The first kappa shape index (κ1) is 32.4. The van der Waals surface area contributed by atoms with Crippen LogP contribution in [0.15, 0.2) is 65.6 Å². The Morgan fingerprint density at radius 2 is 1.46 bits per heavy atom. The zero-order valence-electron chi connectivity index (χ0n) is 24.2. The summed E-state index contributed by atoms with van der Waals surface area (Å²) in [6, 6.07) is 16.0. The molecule has 41 heavy (non-hydrogen) atoms. The van der Waals surface area contributed by atoms with Crippen LogP contribution >= 0.6 is 23.2 Å². The molecular weight excluding hydrogens is 581 g/mol. The van der Waals surface area contributed by atoms with Crippen LogP contribution in [0, 0.1) is 26.7 Å². The molecule has 0 heterocycles. The van der Waals surface area contributed by atoms with Gasteiger partial charge in [0.15, 0.2) is 0 Å². The second-order valence-electron chi connectivity index (χ2n) is 10.7. The molecule has 2 amide bonds. The summed E-state index contributed by atoms with van der Waals surface area (Å²) in [4.78, 5) is 28.7. The van der Waals surface area contributed by atoms with E-state index in [1.807, 2.05) is 39.8 Å². The van der Waals surface area contributed by atoms with Crippen LogP contribution in [0.3, 0.4) is 0 Å². The highest BCUT2D eigenvalue weighted by atomic mass is 35.5. The van der Waals surface area contributed by atoms with Gasteiger partial charge in [0, 0.05) is 28.7 Å². The van der Waals surface area contributed by atoms with Gasteiger partial charge in [-0.15, -0.1) is 0 Å². The Labute approximate surface area is 253 Å². The summed E-state index contributed by atoms with van der Waals surface area (Å²) in [5, 5.41) is 3.54. The number of carbonyl (C=O) groups excluding carboxylic acids is 2. The van der Waals surface area contributed by atoms with Crippen LogP contribution in [0.25, 0.3) is 0 Å². The van der Waals surface area contributed by atoms with E-state index in [-0.39, 0.29) is 23.3 Å². The fraction of sp³-hybridized carbons (Fsp3) is 0.355. The van der Waals surface area contributed by atoms with Crippen molar-refractivity contribution in [1.29, 1.82) is 0 Å². The van der Waals surface area contributed by atoms with E-state index in [9.17, 15) is 18.0 Å². The van der Waals surface area contributed by atoms with Crippen molar-refractivity contribution in [3.05, 3.63) is 93.0 Å². The van der Waals surface area contributed by atoms with E-state index in [1.54, 1.807) is 50.2 Å². The van der Waals surface area contributed by atoms with Gasteiger partial charge in [0.1, 0.15) is 12.6 Å². The largest absolute Gasteiger partial charge is 0.354 e. The third-order valence-electron chi connectivity index (χ3n) is 6.76. The summed E-state index contributed by atoms with van der Waals surface area (Å²) >= 11 is 12.9. The van der Waals surface area contributed by atoms with Crippen molar-refractivity contribution >= 4 is 50.7 Å². The smallest absolute Gasteiger partial charge is 0.264 e. The predicted molar refractivity (Wildman–Crippen MR) is 166 cm³/mol. The maximum atomic E-state index is 14.1. The zero-order valence-corrected chi connectivity index (χ0v) is 26.6. The van der Waals surface area contributed by atoms with Gasteiger partial charge in [-0.3, -0.25) is 13.9 Å². The average Bonchev–Trinajstić information content (AvgIpc) is 2.91. The summed E-state index contributed by atoms with van der Waals surface area (Å²) in [7, 11) is -4.16. The maximum absolute atomic E-state index is 14.1. The van der Waals surface area contributed by atoms with E-state index >= 15 is 0 Å². The summed E-state index contributed by atoms with van der Waals surface area (Å²) < 4.78 is 29.2. The Morgan fingerprint density at radius 1 is 0.878 bits per heavy atom. The monoisotopic (exact) mass is 617 g/mol. The molecule has 0 fully saturated rings. The topological polar surface area (TPSA) is 86.8 Å². The van der Waals surface area contributed by atoms with Crippen molar-refractivity contribution in [2.75, 3.05) is 17.4 Å². The first-order valence-corrected chi connectivity index (χ1v) is 15.6. The van der Waals surface area contributed by atoms with Crippen molar-refractivity contribution in [2.45, 2.75) is 59.0 Å². The van der Waals surface area contributed by atoms with E-state index in [0.29, 0.717) is 33.4 Å². The van der Waals surface area contributed by atoms with Crippen LogP contribution < -0.4 is 9.62 Å². The molecule has 0 aliphatic rings. The minimum absolute atomic E-state index is 0.0558. The van der Waals surface area contributed by atoms with Crippen molar-refractivity contribution in [3.63, 3.8) is 0 Å². The standard InChI is InChI=1S/C31H37Cl2N3O4S/c1-20(2)17-34-31(38)24(6)35(18-26-27(32)8-7-9-28(26)33)30(37)19-36(29-16-22(4)10-13-23(29)5)41(39,40)25-14-11-21(3)12-15-25/h7-16,20,24H,17-19H2,1-6H3,(H,34,38)/t24-/m0/s1. The third kappa shape index (κ3) is 8.03. The highest BCUT2D eigenvalue weighted by Crippen LogP contribution is 2.30. The Morgan fingerprint density at radius 3 is 2.05 bits per heavy atom. The highest BCUT2D eigenvalue weighted by molar-refractivity contribution is 7.92. The molecule has 1 N–H and O–H groups in total. The molecule has 220 valence electrons. The number of sulfonamides is 1. The molecular formula is C31H37Cl2N3O4S. The van der Waals surface area contributed by atoms with Crippen molar-refractivity contribution < 1.29 is 18.0 Å². The fourth-order valence-corrected chi connectivity index (χ4v) is 6.22. The molecule has 0 spiro atoms. The first-order valence-electron chi connectivity index (χ1n) is 13.4. The molecule has 0 radical (unpaired) electrons. The Bertz CT molecular complexity index is 1490. The van der Waals surface area contributed by atoms with E-state index in [2.05, 4.69) is 5.32 Å². The van der Waals surface area contributed by atoms with Crippen LogP contribution in [-0.4, -0.2) is 44.3 Å². The quantitative estimate of drug-likeness (QED) is 0.273. The SMILES string of the molecule is Cc1ccc(S(=O)(=O)N(CC(=O)N(Cc2c(Cl)cccc2Cl)[C@@H](C)C(=O)NCC(C)C)c2cc(C)ccc2C)cc1. The summed E-state index contributed by atoms with van der Waals surface area (Å²) in [5.41, 5.74) is 3.27. The van der Waals surface area contributed by atoms with Crippen molar-refractivity contribution in [1.82, 2.24) is 10.2 Å². The number of carbonyl (C=O) groups is 2. The second-order valence-corrected chi connectivity index (χ2v) is 13.3. The van der Waals surface area contributed by atoms with Crippen LogP contribution in [0.4, 0.5) is 5.69 Å². The maximum Gasteiger partial charge on any atom is 0.264 e. The molecule has 3 aromatic rings. The average molecular weight is 619 g/mol. The van der Waals surface area contributed by atoms with E-state index in [1.165, 1.54) is 17.0 Å². The lowest BCUT2D eigenvalue weighted by molar-refractivity contribution is -0.139. The van der Waals surface area contributed by atoms with E-state index in [0.717, 1.165) is 15.4 Å². The molecule has 0 aliphatic heterocycles. The molecule has 0 aromatic heterocycles. The van der Waals surface area contributed by atoms with Gasteiger partial charge < -0.3 is 10.2 Å². The van der Waals surface area contributed by atoms with E-state index in [4.69, 9.17) is 23.2 Å². The number of hydrogen-bond acceptors (Lipinski definition) is 4. The minimum Gasteiger partial charge on any atom is -0.354 e. The van der Waals surface area contributed by atoms with Crippen LogP contribution in [-0.2, 0) is 26.2 Å². The van der Waals surface area contributed by atoms with Gasteiger partial charge in [-0.25, -0.2) is 8.42 Å². The van der Waals surface area contributed by atoms with Gasteiger partial charge in [-0.1, -0.05) is 72.9 Å². The number of benzene rings is 3. The normalized spacial score (nSPS) is 12.2. The number of halogens is 2. The molecule has 0 unspecified atom stereocenters. The molecule has 0 saturated heterocycles. The summed E-state index contributed by atoms with van der Waals surface area (Å²) in [6.07, 6.45) is 0. The number of nitrogens with one attached hydrogen (secondary N) is 1. The van der Waals surface area contributed by atoms with Gasteiger partial charge in [0.05, 0.1) is 10.6 Å². The zero-order chi connectivity index (χ0) is 30.5. The van der Waals surface area contributed by atoms with Gasteiger partial charge in [-0.05, 0) is 75.1 Å². The van der Waals surface area contributed by atoms with Gasteiger partial charge in [0.2, 0.25) is 11.8 Å². The number of anilines is 1. The number of amides is 2. The molecule has 3 aromatic carbocycles. The van der Waals surface area contributed by atoms with Crippen molar-refractivity contribution in [3.8, 4) is 0 Å². The summed E-state index contributed by atoms with van der Waals surface area (Å²) in [6.45, 7) is 10.9. The molecule has 0 saturated carbocycles. The molecule has 10 heteroatoms. The Balaban J connectivity index is 2.09. The Hall–Kier alpha value is -3.07. The summed E-state index contributed by atoms with van der Waals surface area (Å²) in [5.74, 6) is -0.743. The van der Waals surface area contributed by atoms with E-state index < -0.39 is 28.5 Å². The van der Waals surface area contributed by atoms with Gasteiger partial charge in [0.25, 0.3) is 10.0 Å². The lowest BCUT2D eigenvalue weighted by Gasteiger charge is -2.33. The van der Waals surface area contributed by atoms with Crippen LogP contribution in [0.2, 0.25) is 10.0 Å². The van der Waals surface area contributed by atoms with Crippen molar-refractivity contribution in [2.24, 2.45) is 5.92 Å². The second kappa shape index (κ2) is 13.7. The molecule has 7 nitrogen and oxygen atoms in total. The van der Waals surface area contributed by atoms with Crippen LogP contribution in [0.1, 0.15) is 43.0 Å². The van der Waals surface area contributed by atoms with Gasteiger partial charge in [-0.2, -0.15) is 0 Å². The molecule has 0 bridgehead atoms. The first-order chi connectivity index (χ1) is 19.2. The molecule has 0 aliphatic carbocycles. The molecule has 3 rings (SSSR count). The number of aryl methyl sites for hydroxylation is 3. The Kier molecular flexibility index (Phi) is 10.9. The number of rotatable bonds is 11. The minimum atomic E-state index is -4.16. The lowest BCUT2D eigenvalue weighted by atomic mass is 10.1. The molecule has 1 atom stereocenters. The predicted octanol–water partition coefficient (Wildman–Crippen LogP) is 6.30. The lowest BCUT2D eigenvalue weighted by Crippen LogP contribution is -2.51. The number of hydrogen-bond donors (Lipinski definition) is 1. The number of nitrogens with zero attached hydrogens (tertiary/aromatic N) is 2.